The monoisotopic (exact) mass is 319 g/mol. The molecule has 1 aliphatic rings. The summed E-state index contributed by atoms with van der Waals surface area (Å²) < 4.78 is 0. The van der Waals surface area contributed by atoms with E-state index in [0.29, 0.717) is 38.3 Å². The highest BCUT2D eigenvalue weighted by Gasteiger charge is 2.24. The van der Waals surface area contributed by atoms with Gasteiger partial charge in [0.1, 0.15) is 5.75 Å². The number of hydrogen-bond acceptors (Lipinski definition) is 4. The fraction of sp³-hybridized carbons (Fsp3) is 0.529. The molecule has 1 fully saturated rings. The number of rotatable bonds is 5. The van der Waals surface area contributed by atoms with Crippen LogP contribution in [-0.2, 0) is 4.79 Å². The van der Waals surface area contributed by atoms with Crippen LogP contribution in [0.15, 0.2) is 24.3 Å². The quantitative estimate of drug-likeness (QED) is 0.880. The number of benzene rings is 1. The van der Waals surface area contributed by atoms with E-state index in [1.54, 1.807) is 23.1 Å². The number of amides is 2. The molecule has 0 spiro atoms. The van der Waals surface area contributed by atoms with Crippen LogP contribution in [-0.4, -0.2) is 77.4 Å². The van der Waals surface area contributed by atoms with Crippen LogP contribution in [0.1, 0.15) is 24.2 Å². The average molecular weight is 319 g/mol. The number of nitrogens with zero attached hydrogens (tertiary/aromatic N) is 3. The molecular weight excluding hydrogens is 294 g/mol. The number of likely N-dealkylation sites (N-methyl/N-ethyl adjacent to an activating group) is 1. The summed E-state index contributed by atoms with van der Waals surface area (Å²) in [5.74, 6) is 0.165. The fourth-order valence-corrected chi connectivity index (χ4v) is 2.80. The highest BCUT2D eigenvalue weighted by Crippen LogP contribution is 2.14. The molecule has 2 rings (SSSR count). The molecule has 1 saturated heterocycles. The molecule has 1 heterocycles. The van der Waals surface area contributed by atoms with Crippen LogP contribution in [0.25, 0.3) is 0 Å². The highest BCUT2D eigenvalue weighted by molar-refractivity contribution is 5.94. The predicted molar refractivity (Wildman–Crippen MR) is 88.4 cm³/mol. The molecule has 126 valence electrons. The number of carbonyl (C=O) groups is 2. The second-order valence-electron chi connectivity index (χ2n) is 5.68. The van der Waals surface area contributed by atoms with Crippen molar-refractivity contribution < 1.29 is 14.7 Å². The third-order valence-corrected chi connectivity index (χ3v) is 4.23. The lowest BCUT2D eigenvalue weighted by molar-refractivity contribution is -0.132. The van der Waals surface area contributed by atoms with Gasteiger partial charge in [0, 0.05) is 44.8 Å². The lowest BCUT2D eigenvalue weighted by Gasteiger charge is -2.35. The van der Waals surface area contributed by atoms with Gasteiger partial charge in [-0.1, -0.05) is 6.07 Å². The van der Waals surface area contributed by atoms with Gasteiger partial charge in [-0.25, -0.2) is 0 Å². The number of phenolic OH excluding ortho intramolecular Hbond substituents is 1. The highest BCUT2D eigenvalue weighted by atomic mass is 16.3. The van der Waals surface area contributed by atoms with Crippen LogP contribution in [0.2, 0.25) is 0 Å². The van der Waals surface area contributed by atoms with Crippen LogP contribution in [0.4, 0.5) is 0 Å². The number of carbonyl (C=O) groups excluding carboxylic acids is 2. The van der Waals surface area contributed by atoms with E-state index in [0.717, 1.165) is 13.1 Å². The van der Waals surface area contributed by atoms with Crippen LogP contribution in [0.5, 0.6) is 5.75 Å². The smallest absolute Gasteiger partial charge is 0.254 e. The van der Waals surface area contributed by atoms with Crippen LogP contribution >= 0.6 is 0 Å². The summed E-state index contributed by atoms with van der Waals surface area (Å²) in [6.07, 6.45) is 0. The fourth-order valence-electron chi connectivity index (χ4n) is 2.80. The second-order valence-corrected chi connectivity index (χ2v) is 5.68. The zero-order valence-corrected chi connectivity index (χ0v) is 13.9. The van der Waals surface area contributed by atoms with Crippen molar-refractivity contribution in [3.05, 3.63) is 29.8 Å². The zero-order chi connectivity index (χ0) is 16.8. The zero-order valence-electron chi connectivity index (χ0n) is 13.9. The average Bonchev–Trinajstić information content (AvgIpc) is 2.56. The van der Waals surface area contributed by atoms with Crippen LogP contribution in [0.3, 0.4) is 0 Å². The number of phenols is 1. The minimum atomic E-state index is -0.0735. The third kappa shape index (κ3) is 4.45. The number of piperazine rings is 1. The molecule has 0 aromatic heterocycles. The van der Waals surface area contributed by atoms with Crippen LogP contribution < -0.4 is 0 Å². The summed E-state index contributed by atoms with van der Waals surface area (Å²) in [6, 6.07) is 6.41. The molecule has 23 heavy (non-hydrogen) atoms. The van der Waals surface area contributed by atoms with E-state index < -0.39 is 0 Å². The maximum atomic E-state index is 12.4. The largest absolute Gasteiger partial charge is 0.508 e. The van der Waals surface area contributed by atoms with Crippen molar-refractivity contribution >= 4 is 11.8 Å². The molecule has 0 radical (unpaired) electrons. The Balaban J connectivity index is 1.86. The summed E-state index contributed by atoms with van der Waals surface area (Å²) >= 11 is 0. The van der Waals surface area contributed by atoms with Crippen molar-refractivity contribution in [1.29, 1.82) is 0 Å². The third-order valence-electron chi connectivity index (χ3n) is 4.23. The minimum absolute atomic E-state index is 0.0735. The van der Waals surface area contributed by atoms with E-state index in [2.05, 4.69) is 4.90 Å². The summed E-state index contributed by atoms with van der Waals surface area (Å²) in [5, 5.41) is 9.48. The van der Waals surface area contributed by atoms with Gasteiger partial charge in [-0.05, 0) is 32.0 Å². The van der Waals surface area contributed by atoms with Crippen LogP contribution in [0, 0.1) is 0 Å². The van der Waals surface area contributed by atoms with E-state index >= 15 is 0 Å². The number of hydrogen-bond donors (Lipinski definition) is 1. The van der Waals surface area contributed by atoms with Crippen molar-refractivity contribution in [3.63, 3.8) is 0 Å². The van der Waals surface area contributed by atoms with Gasteiger partial charge in [0.15, 0.2) is 0 Å². The van der Waals surface area contributed by atoms with E-state index in [9.17, 15) is 14.7 Å². The molecule has 1 aromatic carbocycles. The van der Waals surface area contributed by atoms with Crippen molar-refractivity contribution in [1.82, 2.24) is 14.7 Å². The normalized spacial score (nSPS) is 15.5. The molecule has 2 amide bonds. The molecule has 1 aliphatic heterocycles. The SMILES string of the molecule is CCN(CC)C(=O)CN1CCN(C(=O)c2cccc(O)c2)CC1. The molecule has 1 N–H and O–H groups in total. The molecule has 0 unspecified atom stereocenters. The lowest BCUT2D eigenvalue weighted by Crippen LogP contribution is -2.51. The number of aromatic hydroxyl groups is 1. The first kappa shape index (κ1) is 17.3. The molecular formula is C17H25N3O3. The first-order valence-electron chi connectivity index (χ1n) is 8.13. The van der Waals surface area contributed by atoms with E-state index in [-0.39, 0.29) is 17.6 Å². The van der Waals surface area contributed by atoms with E-state index in [4.69, 9.17) is 0 Å². The molecule has 0 bridgehead atoms. The van der Waals surface area contributed by atoms with Crippen molar-refractivity contribution in [2.45, 2.75) is 13.8 Å². The minimum Gasteiger partial charge on any atom is -0.508 e. The van der Waals surface area contributed by atoms with Gasteiger partial charge in [0.05, 0.1) is 6.54 Å². The first-order chi connectivity index (χ1) is 11.0. The maximum Gasteiger partial charge on any atom is 0.254 e. The van der Waals surface area contributed by atoms with Crippen molar-refractivity contribution in [2.24, 2.45) is 0 Å². The Kier molecular flexibility index (Phi) is 5.98. The Morgan fingerprint density at radius 3 is 2.35 bits per heavy atom. The Bertz CT molecular complexity index is 550. The van der Waals surface area contributed by atoms with Crippen molar-refractivity contribution in [2.75, 3.05) is 45.8 Å². The maximum absolute atomic E-state index is 12.4. The molecule has 6 nitrogen and oxygen atoms in total. The van der Waals surface area contributed by atoms with Gasteiger partial charge in [-0.3, -0.25) is 14.5 Å². The molecule has 0 atom stereocenters. The Labute approximate surface area is 137 Å². The topological polar surface area (TPSA) is 64.1 Å². The Hall–Kier alpha value is -2.08. The van der Waals surface area contributed by atoms with Gasteiger partial charge in [-0.15, -0.1) is 0 Å². The standard InChI is InChI=1S/C17H25N3O3/c1-3-19(4-2)16(22)13-18-8-10-20(11-9-18)17(23)14-6-5-7-15(21)12-14/h5-7,12,21H,3-4,8-11,13H2,1-2H3. The first-order valence-corrected chi connectivity index (χ1v) is 8.13. The lowest BCUT2D eigenvalue weighted by atomic mass is 10.1. The van der Waals surface area contributed by atoms with Gasteiger partial charge in [0.2, 0.25) is 5.91 Å². The molecule has 0 saturated carbocycles. The van der Waals surface area contributed by atoms with Gasteiger partial charge in [-0.2, -0.15) is 0 Å². The van der Waals surface area contributed by atoms with Crippen molar-refractivity contribution in [3.8, 4) is 5.75 Å². The Morgan fingerprint density at radius 1 is 1.13 bits per heavy atom. The second kappa shape index (κ2) is 7.97. The molecule has 1 aromatic rings. The summed E-state index contributed by atoms with van der Waals surface area (Å²) in [4.78, 5) is 30.2. The van der Waals surface area contributed by atoms with Gasteiger partial charge < -0.3 is 14.9 Å². The van der Waals surface area contributed by atoms with E-state index in [1.165, 1.54) is 6.07 Å². The molecule has 6 heteroatoms. The summed E-state index contributed by atoms with van der Waals surface area (Å²) in [5.41, 5.74) is 0.498. The summed E-state index contributed by atoms with van der Waals surface area (Å²) in [7, 11) is 0. The van der Waals surface area contributed by atoms with E-state index in [1.807, 2.05) is 18.7 Å². The van der Waals surface area contributed by atoms with Gasteiger partial charge >= 0.3 is 0 Å². The summed E-state index contributed by atoms with van der Waals surface area (Å²) in [6.45, 7) is 8.40. The molecule has 0 aliphatic carbocycles. The predicted octanol–water partition coefficient (Wildman–Crippen LogP) is 1.02. The van der Waals surface area contributed by atoms with Gasteiger partial charge in [0.25, 0.3) is 5.91 Å². The Morgan fingerprint density at radius 2 is 1.78 bits per heavy atom.